The van der Waals surface area contributed by atoms with Gasteiger partial charge in [0.15, 0.2) is 0 Å². The van der Waals surface area contributed by atoms with Crippen LogP contribution in [0.1, 0.15) is 51.5 Å². The first-order valence-electron chi connectivity index (χ1n) is 8.84. The highest BCUT2D eigenvalue weighted by Crippen LogP contribution is 2.26. The van der Waals surface area contributed by atoms with Crippen LogP contribution in [0.2, 0.25) is 0 Å². The summed E-state index contributed by atoms with van der Waals surface area (Å²) in [5.41, 5.74) is 6.83. The summed E-state index contributed by atoms with van der Waals surface area (Å²) in [6.45, 7) is 4.50. The van der Waals surface area contributed by atoms with Crippen molar-refractivity contribution < 1.29 is 9.53 Å². The van der Waals surface area contributed by atoms with Gasteiger partial charge in [0, 0.05) is 18.2 Å². The van der Waals surface area contributed by atoms with E-state index in [4.69, 9.17) is 10.5 Å². The molecule has 136 valence electrons. The van der Waals surface area contributed by atoms with Crippen LogP contribution >= 0.6 is 12.4 Å². The second kappa shape index (κ2) is 10.6. The molecule has 1 saturated carbocycles. The van der Waals surface area contributed by atoms with Gasteiger partial charge < -0.3 is 15.8 Å². The zero-order valence-corrected chi connectivity index (χ0v) is 15.6. The molecule has 24 heavy (non-hydrogen) atoms. The van der Waals surface area contributed by atoms with E-state index in [2.05, 4.69) is 5.32 Å². The number of para-hydroxylation sites is 1. The summed E-state index contributed by atoms with van der Waals surface area (Å²) in [5.74, 6) is 1.35. The van der Waals surface area contributed by atoms with Gasteiger partial charge in [-0.15, -0.1) is 12.4 Å². The Morgan fingerprint density at radius 3 is 2.54 bits per heavy atom. The van der Waals surface area contributed by atoms with Crippen LogP contribution in [0.3, 0.4) is 0 Å². The van der Waals surface area contributed by atoms with Crippen LogP contribution in [0.15, 0.2) is 24.3 Å². The molecule has 1 fully saturated rings. The molecular weight excluding hydrogens is 324 g/mol. The molecule has 0 saturated heterocycles. The molecule has 1 aliphatic rings. The second-order valence-electron chi connectivity index (χ2n) is 6.76. The average Bonchev–Trinajstić information content (AvgIpc) is 2.55. The minimum Gasteiger partial charge on any atom is -0.491 e. The van der Waals surface area contributed by atoms with E-state index < -0.39 is 0 Å². The van der Waals surface area contributed by atoms with Gasteiger partial charge in [0.25, 0.3) is 0 Å². The molecule has 1 aliphatic carbocycles. The Morgan fingerprint density at radius 1 is 1.25 bits per heavy atom. The highest BCUT2D eigenvalue weighted by atomic mass is 35.5. The van der Waals surface area contributed by atoms with Gasteiger partial charge in [-0.25, -0.2) is 0 Å². The van der Waals surface area contributed by atoms with Gasteiger partial charge in [-0.05, 0) is 38.7 Å². The fraction of sp³-hybridized carbons (Fsp3) is 0.632. The molecular formula is C19H31ClN2O2. The van der Waals surface area contributed by atoms with Crippen LogP contribution in [-0.4, -0.2) is 24.6 Å². The first-order chi connectivity index (χ1) is 11.1. The number of carbonyl (C=O) groups excluding carboxylic acids is 1. The third-order valence-corrected chi connectivity index (χ3v) is 4.51. The maximum atomic E-state index is 12.4. The summed E-state index contributed by atoms with van der Waals surface area (Å²) in [6, 6.07) is 7.85. The number of benzene rings is 1. The molecule has 0 heterocycles. The van der Waals surface area contributed by atoms with Crippen molar-refractivity contribution >= 4 is 18.3 Å². The number of halogens is 1. The summed E-state index contributed by atoms with van der Waals surface area (Å²) >= 11 is 0. The van der Waals surface area contributed by atoms with Crippen molar-refractivity contribution in [1.29, 1.82) is 0 Å². The van der Waals surface area contributed by atoms with E-state index in [0.29, 0.717) is 18.9 Å². The van der Waals surface area contributed by atoms with Crippen LogP contribution in [0.4, 0.5) is 0 Å². The number of hydrogen-bond donors (Lipinski definition) is 2. The van der Waals surface area contributed by atoms with Gasteiger partial charge in [-0.2, -0.15) is 0 Å². The largest absolute Gasteiger partial charge is 0.491 e. The monoisotopic (exact) mass is 354 g/mol. The molecule has 1 aromatic rings. The maximum absolute atomic E-state index is 12.4. The van der Waals surface area contributed by atoms with Gasteiger partial charge in [0.2, 0.25) is 5.91 Å². The molecule has 0 spiro atoms. The van der Waals surface area contributed by atoms with Crippen LogP contribution in [0.25, 0.3) is 0 Å². The molecule has 0 bridgehead atoms. The second-order valence-corrected chi connectivity index (χ2v) is 6.76. The zero-order valence-electron chi connectivity index (χ0n) is 14.8. The molecule has 0 radical (unpaired) electrons. The van der Waals surface area contributed by atoms with Crippen molar-refractivity contribution in [3.63, 3.8) is 0 Å². The predicted octanol–water partition coefficient (Wildman–Crippen LogP) is 3.46. The average molecular weight is 355 g/mol. The van der Waals surface area contributed by atoms with E-state index in [0.717, 1.165) is 11.3 Å². The van der Waals surface area contributed by atoms with Gasteiger partial charge in [0.1, 0.15) is 5.75 Å². The number of nitrogens with two attached hydrogens (primary N) is 1. The SMILES string of the molecule is CC(C)Oc1ccccc1CC(=O)NC(CN)C1CCCCC1.Cl. The van der Waals surface area contributed by atoms with Crippen molar-refractivity contribution in [2.75, 3.05) is 6.54 Å². The molecule has 3 N–H and O–H groups in total. The Balaban J connectivity index is 0.00000288. The Hall–Kier alpha value is -1.26. The molecule has 2 rings (SSSR count). The van der Waals surface area contributed by atoms with E-state index in [1.165, 1.54) is 32.1 Å². The van der Waals surface area contributed by atoms with Crippen LogP contribution < -0.4 is 15.8 Å². The lowest BCUT2D eigenvalue weighted by molar-refractivity contribution is -0.121. The summed E-state index contributed by atoms with van der Waals surface area (Å²) in [4.78, 5) is 12.4. The number of carbonyl (C=O) groups is 1. The third kappa shape index (κ3) is 6.33. The highest BCUT2D eigenvalue weighted by molar-refractivity contribution is 5.85. The minimum atomic E-state index is 0. The van der Waals surface area contributed by atoms with E-state index in [-0.39, 0.29) is 30.5 Å². The summed E-state index contributed by atoms with van der Waals surface area (Å²) in [7, 11) is 0. The first-order valence-corrected chi connectivity index (χ1v) is 8.84. The molecule has 0 aliphatic heterocycles. The van der Waals surface area contributed by atoms with Crippen LogP contribution in [-0.2, 0) is 11.2 Å². The standard InChI is InChI=1S/C19H30N2O2.ClH/c1-14(2)23-18-11-7-6-10-16(18)12-19(22)21-17(13-20)15-8-4-3-5-9-15;/h6-7,10-11,14-15,17H,3-5,8-9,12-13,20H2,1-2H3,(H,21,22);1H. The van der Waals surface area contributed by atoms with Crippen molar-refractivity contribution in [3.05, 3.63) is 29.8 Å². The Labute approximate surface area is 151 Å². The third-order valence-electron chi connectivity index (χ3n) is 4.51. The molecule has 1 unspecified atom stereocenters. The molecule has 1 aromatic carbocycles. The van der Waals surface area contributed by atoms with E-state index in [1.807, 2.05) is 38.1 Å². The van der Waals surface area contributed by atoms with Gasteiger partial charge >= 0.3 is 0 Å². The van der Waals surface area contributed by atoms with Crippen LogP contribution in [0.5, 0.6) is 5.75 Å². The summed E-state index contributed by atoms with van der Waals surface area (Å²) < 4.78 is 5.79. The van der Waals surface area contributed by atoms with E-state index in [1.54, 1.807) is 0 Å². The topological polar surface area (TPSA) is 64.3 Å². The summed E-state index contributed by atoms with van der Waals surface area (Å²) in [6.07, 6.45) is 6.60. The normalized spacial score (nSPS) is 16.3. The molecule has 1 amide bonds. The minimum absolute atomic E-state index is 0. The number of nitrogens with one attached hydrogen (secondary N) is 1. The van der Waals surface area contributed by atoms with Gasteiger partial charge in [-0.1, -0.05) is 37.5 Å². The fourth-order valence-corrected chi connectivity index (χ4v) is 3.36. The van der Waals surface area contributed by atoms with Crippen molar-refractivity contribution in [2.45, 2.75) is 64.5 Å². The highest BCUT2D eigenvalue weighted by Gasteiger charge is 2.24. The van der Waals surface area contributed by atoms with Gasteiger partial charge in [-0.3, -0.25) is 4.79 Å². The predicted molar refractivity (Wildman–Crippen MR) is 101 cm³/mol. The Kier molecular flexibility index (Phi) is 9.16. The zero-order chi connectivity index (χ0) is 16.7. The number of hydrogen-bond acceptors (Lipinski definition) is 3. The lowest BCUT2D eigenvalue weighted by atomic mass is 9.84. The fourth-order valence-electron chi connectivity index (χ4n) is 3.36. The molecule has 1 atom stereocenters. The van der Waals surface area contributed by atoms with Crippen molar-refractivity contribution in [1.82, 2.24) is 5.32 Å². The number of rotatable bonds is 7. The first kappa shape index (κ1) is 20.8. The Bertz CT molecular complexity index is 502. The molecule has 0 aromatic heterocycles. The quantitative estimate of drug-likeness (QED) is 0.788. The summed E-state index contributed by atoms with van der Waals surface area (Å²) in [5, 5.41) is 3.15. The molecule has 5 heteroatoms. The van der Waals surface area contributed by atoms with Gasteiger partial charge in [0.05, 0.1) is 12.5 Å². The van der Waals surface area contributed by atoms with E-state index >= 15 is 0 Å². The number of ether oxygens (including phenoxy) is 1. The lowest BCUT2D eigenvalue weighted by Gasteiger charge is -2.30. The van der Waals surface area contributed by atoms with E-state index in [9.17, 15) is 4.79 Å². The Morgan fingerprint density at radius 2 is 1.92 bits per heavy atom. The molecule has 4 nitrogen and oxygen atoms in total. The van der Waals surface area contributed by atoms with Crippen LogP contribution in [0, 0.1) is 5.92 Å². The lowest BCUT2D eigenvalue weighted by Crippen LogP contribution is -2.46. The maximum Gasteiger partial charge on any atom is 0.224 e. The van der Waals surface area contributed by atoms with Crippen molar-refractivity contribution in [3.8, 4) is 5.75 Å². The smallest absolute Gasteiger partial charge is 0.224 e. The number of amides is 1. The van der Waals surface area contributed by atoms with Crippen molar-refractivity contribution in [2.24, 2.45) is 11.7 Å².